The fourth-order valence-corrected chi connectivity index (χ4v) is 3.97. The predicted molar refractivity (Wildman–Crippen MR) is 128 cm³/mol. The summed E-state index contributed by atoms with van der Waals surface area (Å²) in [6, 6.07) is 26.0. The standard InChI is InChI=1S/C26H21N5O/c27-20-8-5-17(6-9-20)24-12-11-23(32-24)16-1-3-18(4-2-16)26-30-21-10-7-19(15-22(21)31-26)25-28-13-14-29-25/h1-12,15H,13-14,27H2,(H,28,29)(H,30,31). The first-order valence-electron chi connectivity index (χ1n) is 10.6. The van der Waals surface area contributed by atoms with Crippen LogP contribution in [0.25, 0.3) is 45.1 Å². The summed E-state index contributed by atoms with van der Waals surface area (Å²) in [6.45, 7) is 1.72. The van der Waals surface area contributed by atoms with E-state index >= 15 is 0 Å². The topological polar surface area (TPSA) is 92.2 Å². The molecule has 3 aromatic carbocycles. The van der Waals surface area contributed by atoms with Crippen LogP contribution in [0, 0.1) is 0 Å². The van der Waals surface area contributed by atoms with Gasteiger partial charge in [0.15, 0.2) is 0 Å². The summed E-state index contributed by atoms with van der Waals surface area (Å²) in [5.74, 6) is 3.43. The van der Waals surface area contributed by atoms with Crippen LogP contribution in [0.15, 0.2) is 88.3 Å². The van der Waals surface area contributed by atoms with E-state index in [9.17, 15) is 0 Å². The van der Waals surface area contributed by atoms with Crippen molar-refractivity contribution < 1.29 is 4.42 Å². The number of aromatic amines is 1. The molecule has 32 heavy (non-hydrogen) atoms. The van der Waals surface area contributed by atoms with E-state index in [-0.39, 0.29) is 0 Å². The molecular weight excluding hydrogens is 398 g/mol. The van der Waals surface area contributed by atoms with Gasteiger partial charge in [-0.3, -0.25) is 4.99 Å². The first kappa shape index (κ1) is 18.4. The maximum Gasteiger partial charge on any atom is 0.138 e. The Balaban J connectivity index is 1.27. The van der Waals surface area contributed by atoms with Crippen molar-refractivity contribution in [2.45, 2.75) is 0 Å². The van der Waals surface area contributed by atoms with Crippen molar-refractivity contribution in [1.29, 1.82) is 0 Å². The Morgan fingerprint density at radius 2 is 1.41 bits per heavy atom. The number of nitrogens with zero attached hydrogens (tertiary/aromatic N) is 2. The van der Waals surface area contributed by atoms with Crippen molar-refractivity contribution >= 4 is 22.6 Å². The molecular formula is C26H21N5O. The lowest BCUT2D eigenvalue weighted by Crippen LogP contribution is -2.19. The van der Waals surface area contributed by atoms with Gasteiger partial charge in [-0.2, -0.15) is 0 Å². The van der Waals surface area contributed by atoms with Gasteiger partial charge < -0.3 is 20.5 Å². The number of amidine groups is 1. The second-order valence-electron chi connectivity index (χ2n) is 7.84. The van der Waals surface area contributed by atoms with Crippen molar-refractivity contribution in [3.05, 3.63) is 84.4 Å². The summed E-state index contributed by atoms with van der Waals surface area (Å²) in [5, 5.41) is 3.31. The highest BCUT2D eigenvalue weighted by Gasteiger charge is 2.12. The lowest BCUT2D eigenvalue weighted by atomic mass is 10.1. The number of aliphatic imine (C=N–C) groups is 1. The third kappa shape index (κ3) is 3.32. The smallest absolute Gasteiger partial charge is 0.138 e. The normalized spacial score (nSPS) is 13.3. The van der Waals surface area contributed by atoms with E-state index in [1.165, 1.54) is 0 Å². The number of nitrogens with two attached hydrogens (primary N) is 1. The highest BCUT2D eigenvalue weighted by atomic mass is 16.3. The largest absolute Gasteiger partial charge is 0.456 e. The number of fused-ring (bicyclic) bond motifs is 1. The first-order valence-corrected chi connectivity index (χ1v) is 10.6. The molecule has 0 saturated carbocycles. The van der Waals surface area contributed by atoms with Gasteiger partial charge in [0.1, 0.15) is 23.2 Å². The Morgan fingerprint density at radius 3 is 2.09 bits per heavy atom. The second kappa shape index (κ2) is 7.42. The summed E-state index contributed by atoms with van der Waals surface area (Å²) in [6.07, 6.45) is 0. The van der Waals surface area contributed by atoms with E-state index in [0.29, 0.717) is 0 Å². The van der Waals surface area contributed by atoms with Crippen LogP contribution >= 0.6 is 0 Å². The monoisotopic (exact) mass is 419 g/mol. The van der Waals surface area contributed by atoms with Crippen LogP contribution in [0.3, 0.4) is 0 Å². The molecule has 0 spiro atoms. The van der Waals surface area contributed by atoms with Crippen LogP contribution < -0.4 is 11.1 Å². The summed E-state index contributed by atoms with van der Waals surface area (Å²) >= 11 is 0. The molecule has 156 valence electrons. The van der Waals surface area contributed by atoms with E-state index in [1.54, 1.807) is 0 Å². The molecule has 2 aromatic heterocycles. The summed E-state index contributed by atoms with van der Waals surface area (Å²) in [5.41, 5.74) is 12.6. The average molecular weight is 419 g/mol. The molecule has 0 radical (unpaired) electrons. The maximum absolute atomic E-state index is 6.07. The number of nitrogens with one attached hydrogen (secondary N) is 2. The summed E-state index contributed by atoms with van der Waals surface area (Å²) in [7, 11) is 0. The van der Waals surface area contributed by atoms with Gasteiger partial charge in [0.2, 0.25) is 0 Å². The molecule has 3 heterocycles. The number of H-pyrrole nitrogens is 1. The van der Waals surface area contributed by atoms with Gasteiger partial charge in [0.25, 0.3) is 0 Å². The van der Waals surface area contributed by atoms with E-state index < -0.39 is 0 Å². The van der Waals surface area contributed by atoms with Crippen LogP contribution in [0.1, 0.15) is 5.56 Å². The lowest BCUT2D eigenvalue weighted by Gasteiger charge is -2.01. The number of hydrogen-bond acceptors (Lipinski definition) is 5. The predicted octanol–water partition coefficient (Wildman–Crippen LogP) is 5.09. The molecule has 0 amide bonds. The van der Waals surface area contributed by atoms with E-state index in [0.717, 1.165) is 75.2 Å². The Bertz CT molecular complexity index is 1440. The van der Waals surface area contributed by atoms with E-state index in [2.05, 4.69) is 51.7 Å². The number of aromatic nitrogens is 2. The van der Waals surface area contributed by atoms with Crippen LogP contribution in [0.2, 0.25) is 0 Å². The highest BCUT2D eigenvalue weighted by molar-refractivity contribution is 6.02. The zero-order valence-electron chi connectivity index (χ0n) is 17.3. The quantitative estimate of drug-likeness (QED) is 0.354. The molecule has 0 fully saturated rings. The van der Waals surface area contributed by atoms with Crippen LogP contribution in [-0.4, -0.2) is 28.9 Å². The second-order valence-corrected chi connectivity index (χ2v) is 7.84. The zero-order valence-corrected chi connectivity index (χ0v) is 17.3. The van der Waals surface area contributed by atoms with Gasteiger partial charge in [0.05, 0.1) is 17.6 Å². The van der Waals surface area contributed by atoms with Crippen molar-refractivity contribution in [2.75, 3.05) is 18.8 Å². The first-order chi connectivity index (χ1) is 15.7. The van der Waals surface area contributed by atoms with Crippen LogP contribution in [-0.2, 0) is 0 Å². The Labute approximate surface area is 184 Å². The minimum Gasteiger partial charge on any atom is -0.456 e. The Hall–Kier alpha value is -4.32. The molecule has 0 saturated heterocycles. The fraction of sp³-hybridized carbons (Fsp3) is 0.0769. The van der Waals surface area contributed by atoms with Crippen molar-refractivity contribution in [2.24, 2.45) is 4.99 Å². The fourth-order valence-electron chi connectivity index (χ4n) is 3.97. The molecule has 6 nitrogen and oxygen atoms in total. The summed E-state index contributed by atoms with van der Waals surface area (Å²) in [4.78, 5) is 12.7. The number of nitrogen functional groups attached to an aromatic ring is 1. The van der Waals surface area contributed by atoms with Gasteiger partial charge in [-0.1, -0.05) is 24.3 Å². The van der Waals surface area contributed by atoms with Gasteiger partial charge in [-0.05, 0) is 54.6 Å². The van der Waals surface area contributed by atoms with Crippen LogP contribution in [0.5, 0.6) is 0 Å². The maximum atomic E-state index is 6.07. The Morgan fingerprint density at radius 1 is 0.750 bits per heavy atom. The number of anilines is 1. The number of imidazole rings is 1. The van der Waals surface area contributed by atoms with Gasteiger partial charge >= 0.3 is 0 Å². The zero-order chi connectivity index (χ0) is 21.5. The molecule has 5 aromatic rings. The van der Waals surface area contributed by atoms with Crippen LogP contribution in [0.4, 0.5) is 5.69 Å². The average Bonchev–Trinajstić information content (AvgIpc) is 3.60. The lowest BCUT2D eigenvalue weighted by molar-refractivity contribution is 0.597. The molecule has 1 aliphatic rings. The summed E-state index contributed by atoms with van der Waals surface area (Å²) < 4.78 is 6.07. The minimum atomic E-state index is 0.738. The van der Waals surface area contributed by atoms with E-state index in [4.69, 9.17) is 15.1 Å². The molecule has 0 atom stereocenters. The molecule has 0 unspecified atom stereocenters. The SMILES string of the molecule is Nc1ccc(-c2ccc(-c3ccc(-c4nc5ccc(C6=NCCN6)cc5[nH]4)cc3)o2)cc1. The van der Waals surface area contributed by atoms with Crippen molar-refractivity contribution in [3.63, 3.8) is 0 Å². The third-order valence-corrected chi connectivity index (χ3v) is 5.67. The van der Waals surface area contributed by atoms with Crippen molar-refractivity contribution in [3.8, 4) is 34.0 Å². The number of benzene rings is 3. The van der Waals surface area contributed by atoms with E-state index in [1.807, 2.05) is 42.5 Å². The molecule has 4 N–H and O–H groups in total. The molecule has 6 heteroatoms. The highest BCUT2D eigenvalue weighted by Crippen LogP contribution is 2.30. The number of hydrogen-bond donors (Lipinski definition) is 3. The molecule has 0 bridgehead atoms. The van der Waals surface area contributed by atoms with Gasteiger partial charge in [0, 0.05) is 34.5 Å². The van der Waals surface area contributed by atoms with Gasteiger partial charge in [-0.25, -0.2) is 4.98 Å². The Kier molecular flexibility index (Phi) is 4.28. The minimum absolute atomic E-state index is 0.738. The number of rotatable bonds is 4. The van der Waals surface area contributed by atoms with Gasteiger partial charge in [-0.15, -0.1) is 0 Å². The molecule has 0 aliphatic carbocycles. The third-order valence-electron chi connectivity index (χ3n) is 5.67. The molecule has 6 rings (SSSR count). The van der Waals surface area contributed by atoms with Crippen molar-refractivity contribution in [1.82, 2.24) is 15.3 Å². The molecule has 1 aliphatic heterocycles. The number of furan rings is 1.